The van der Waals surface area contributed by atoms with Gasteiger partial charge in [-0.2, -0.15) is 0 Å². The van der Waals surface area contributed by atoms with Gasteiger partial charge in [0.05, 0.1) is 14.2 Å². The highest BCUT2D eigenvalue weighted by molar-refractivity contribution is 14.0. The summed E-state index contributed by atoms with van der Waals surface area (Å²) in [5, 5.41) is 3.07. The van der Waals surface area contributed by atoms with Crippen LogP contribution in [-0.2, 0) is 6.42 Å². The lowest BCUT2D eigenvalue weighted by Crippen LogP contribution is -2.36. The van der Waals surface area contributed by atoms with Crippen molar-refractivity contribution in [1.82, 2.24) is 5.32 Å². The number of guanidine groups is 1. The first-order chi connectivity index (χ1) is 9.56. The molecule has 5 nitrogen and oxygen atoms in total. The summed E-state index contributed by atoms with van der Waals surface area (Å²) in [7, 11) is 3.34. The minimum Gasteiger partial charge on any atom is -0.497 e. The number of nitrogens with zero attached hydrogens (tertiary/aromatic N) is 1. The minimum atomic E-state index is 0. The Morgan fingerprint density at radius 1 is 1.29 bits per heavy atom. The predicted molar refractivity (Wildman–Crippen MR) is 98.0 cm³/mol. The van der Waals surface area contributed by atoms with Crippen LogP contribution < -0.4 is 20.5 Å². The summed E-state index contributed by atoms with van der Waals surface area (Å²) in [6, 6.07) is 6.12. The van der Waals surface area contributed by atoms with Gasteiger partial charge in [-0.3, -0.25) is 4.99 Å². The van der Waals surface area contributed by atoms with E-state index in [4.69, 9.17) is 15.2 Å². The first-order valence-electron chi connectivity index (χ1n) is 6.84. The minimum absolute atomic E-state index is 0. The molecule has 0 radical (unpaired) electrons. The number of hydrogen-bond acceptors (Lipinski definition) is 3. The van der Waals surface area contributed by atoms with Gasteiger partial charge < -0.3 is 20.5 Å². The van der Waals surface area contributed by atoms with Crippen molar-refractivity contribution in [1.29, 1.82) is 0 Å². The maximum Gasteiger partial charge on any atom is 0.188 e. The standard InChI is InChI=1S/C15H25N3O2.HI/c1-11(2)18-15(16)17-9-5-6-12-10-13(19-3)7-8-14(12)20-4;/h7-8,10-11H,5-6,9H2,1-4H3,(H3,16,17,18);1H. The van der Waals surface area contributed by atoms with E-state index in [2.05, 4.69) is 10.3 Å². The van der Waals surface area contributed by atoms with Crippen LogP contribution in [0, 0.1) is 0 Å². The molecular weight excluding hydrogens is 381 g/mol. The van der Waals surface area contributed by atoms with Crippen molar-refractivity contribution >= 4 is 29.9 Å². The lowest BCUT2D eigenvalue weighted by Gasteiger charge is -2.10. The number of nitrogens with one attached hydrogen (secondary N) is 1. The van der Waals surface area contributed by atoms with E-state index in [1.165, 1.54) is 0 Å². The van der Waals surface area contributed by atoms with Crippen molar-refractivity contribution in [2.45, 2.75) is 32.7 Å². The van der Waals surface area contributed by atoms with E-state index in [0.717, 1.165) is 29.9 Å². The Labute approximate surface area is 144 Å². The van der Waals surface area contributed by atoms with E-state index in [9.17, 15) is 0 Å². The summed E-state index contributed by atoms with van der Waals surface area (Å²) in [5.74, 6) is 2.21. The number of nitrogens with two attached hydrogens (primary N) is 1. The lowest BCUT2D eigenvalue weighted by molar-refractivity contribution is 0.398. The second-order valence-electron chi connectivity index (χ2n) is 4.85. The van der Waals surface area contributed by atoms with Crippen LogP contribution in [0.4, 0.5) is 0 Å². The van der Waals surface area contributed by atoms with Gasteiger partial charge in [0, 0.05) is 12.6 Å². The summed E-state index contributed by atoms with van der Waals surface area (Å²) >= 11 is 0. The molecular formula is C15H26IN3O2. The highest BCUT2D eigenvalue weighted by atomic mass is 127. The normalized spacial score (nSPS) is 11.0. The maximum atomic E-state index is 5.75. The van der Waals surface area contributed by atoms with Crippen LogP contribution in [0.15, 0.2) is 23.2 Å². The van der Waals surface area contributed by atoms with Gasteiger partial charge in [-0.25, -0.2) is 0 Å². The fourth-order valence-electron chi connectivity index (χ4n) is 1.89. The van der Waals surface area contributed by atoms with Gasteiger partial charge in [-0.05, 0) is 50.5 Å². The zero-order valence-corrected chi connectivity index (χ0v) is 15.5. The van der Waals surface area contributed by atoms with Crippen LogP contribution in [0.25, 0.3) is 0 Å². The van der Waals surface area contributed by atoms with E-state index in [0.29, 0.717) is 18.5 Å². The Hall–Kier alpha value is -1.18. The van der Waals surface area contributed by atoms with E-state index >= 15 is 0 Å². The zero-order valence-electron chi connectivity index (χ0n) is 13.2. The van der Waals surface area contributed by atoms with E-state index in [1.54, 1.807) is 14.2 Å². The third-order valence-electron chi connectivity index (χ3n) is 2.81. The fourth-order valence-corrected chi connectivity index (χ4v) is 1.89. The molecule has 120 valence electrons. The summed E-state index contributed by atoms with van der Waals surface area (Å²) < 4.78 is 10.6. The molecule has 1 aromatic carbocycles. The van der Waals surface area contributed by atoms with Crippen molar-refractivity contribution in [3.8, 4) is 11.5 Å². The SMILES string of the molecule is COc1ccc(OC)c(CCCN=C(N)NC(C)C)c1.I. The van der Waals surface area contributed by atoms with Gasteiger partial charge >= 0.3 is 0 Å². The number of methoxy groups -OCH3 is 2. The molecule has 0 aliphatic rings. The van der Waals surface area contributed by atoms with Crippen molar-refractivity contribution in [2.24, 2.45) is 10.7 Å². The van der Waals surface area contributed by atoms with E-state index < -0.39 is 0 Å². The molecule has 0 aliphatic carbocycles. The number of ether oxygens (including phenoxy) is 2. The topological polar surface area (TPSA) is 68.9 Å². The molecule has 0 spiro atoms. The monoisotopic (exact) mass is 407 g/mol. The van der Waals surface area contributed by atoms with Gasteiger partial charge in [0.25, 0.3) is 0 Å². The largest absolute Gasteiger partial charge is 0.497 e. The molecule has 0 saturated heterocycles. The van der Waals surface area contributed by atoms with Crippen LogP contribution in [-0.4, -0.2) is 32.8 Å². The van der Waals surface area contributed by atoms with Crippen molar-refractivity contribution in [3.05, 3.63) is 23.8 Å². The first kappa shape index (κ1) is 19.8. The van der Waals surface area contributed by atoms with Crippen LogP contribution in [0.1, 0.15) is 25.8 Å². The van der Waals surface area contributed by atoms with Gasteiger partial charge in [-0.15, -0.1) is 24.0 Å². The van der Waals surface area contributed by atoms with Gasteiger partial charge in [0.1, 0.15) is 11.5 Å². The smallest absolute Gasteiger partial charge is 0.188 e. The van der Waals surface area contributed by atoms with Gasteiger partial charge in [0.2, 0.25) is 0 Å². The number of benzene rings is 1. The molecule has 0 fully saturated rings. The number of aliphatic imine (C=N–C) groups is 1. The molecule has 0 saturated carbocycles. The second-order valence-corrected chi connectivity index (χ2v) is 4.85. The number of halogens is 1. The number of rotatable bonds is 7. The van der Waals surface area contributed by atoms with Crippen LogP contribution in [0.3, 0.4) is 0 Å². The Kier molecular flexibility index (Phi) is 9.94. The zero-order chi connectivity index (χ0) is 15.0. The average Bonchev–Trinajstić information content (AvgIpc) is 2.42. The second kappa shape index (κ2) is 10.5. The average molecular weight is 407 g/mol. The fraction of sp³-hybridized carbons (Fsp3) is 0.533. The number of hydrogen-bond donors (Lipinski definition) is 2. The van der Waals surface area contributed by atoms with Crippen molar-refractivity contribution < 1.29 is 9.47 Å². The molecule has 6 heteroatoms. The summed E-state index contributed by atoms with van der Waals surface area (Å²) in [5.41, 5.74) is 6.87. The Morgan fingerprint density at radius 3 is 2.57 bits per heavy atom. The molecule has 0 atom stereocenters. The quantitative estimate of drug-likeness (QED) is 0.316. The van der Waals surface area contributed by atoms with E-state index in [1.807, 2.05) is 32.0 Å². The van der Waals surface area contributed by atoms with Crippen molar-refractivity contribution in [2.75, 3.05) is 20.8 Å². The van der Waals surface area contributed by atoms with E-state index in [-0.39, 0.29) is 24.0 Å². The third kappa shape index (κ3) is 7.40. The highest BCUT2D eigenvalue weighted by Gasteiger charge is 2.04. The highest BCUT2D eigenvalue weighted by Crippen LogP contribution is 2.24. The maximum absolute atomic E-state index is 5.75. The summed E-state index contributed by atoms with van der Waals surface area (Å²) in [6.07, 6.45) is 1.78. The van der Waals surface area contributed by atoms with Crippen LogP contribution in [0.5, 0.6) is 11.5 Å². The summed E-state index contributed by atoms with van der Waals surface area (Å²) in [6.45, 7) is 4.75. The molecule has 3 N–H and O–H groups in total. The molecule has 0 bridgehead atoms. The predicted octanol–water partition coefficient (Wildman–Crippen LogP) is 2.57. The molecule has 0 amide bonds. The molecule has 0 aromatic heterocycles. The molecule has 0 aliphatic heterocycles. The molecule has 0 heterocycles. The number of aryl methyl sites for hydroxylation is 1. The molecule has 21 heavy (non-hydrogen) atoms. The van der Waals surface area contributed by atoms with Gasteiger partial charge in [0.15, 0.2) is 5.96 Å². The molecule has 1 aromatic rings. The summed E-state index contributed by atoms with van der Waals surface area (Å²) in [4.78, 5) is 4.29. The Bertz CT molecular complexity index is 451. The first-order valence-corrected chi connectivity index (χ1v) is 6.84. The third-order valence-corrected chi connectivity index (χ3v) is 2.81. The van der Waals surface area contributed by atoms with Crippen LogP contribution in [0.2, 0.25) is 0 Å². The molecule has 1 rings (SSSR count). The van der Waals surface area contributed by atoms with Crippen molar-refractivity contribution in [3.63, 3.8) is 0 Å². The molecule has 0 unspecified atom stereocenters. The lowest BCUT2D eigenvalue weighted by atomic mass is 10.1. The Balaban J connectivity index is 0.00000400. The van der Waals surface area contributed by atoms with Crippen LogP contribution >= 0.6 is 24.0 Å². The van der Waals surface area contributed by atoms with Gasteiger partial charge in [-0.1, -0.05) is 0 Å². The Morgan fingerprint density at radius 2 is 2.00 bits per heavy atom.